The summed E-state index contributed by atoms with van der Waals surface area (Å²) in [7, 11) is 0. The van der Waals surface area contributed by atoms with Crippen LogP contribution >= 0.6 is 0 Å². The largest absolute Gasteiger partial charge is 0.338 e. The minimum Gasteiger partial charge on any atom is -0.338 e. The van der Waals surface area contributed by atoms with E-state index < -0.39 is 0 Å². The quantitative estimate of drug-likeness (QED) is 0.935. The molecular formula is C16H22N4O. The average Bonchev–Trinajstić information content (AvgIpc) is 3.12. The molecular weight excluding hydrogens is 264 g/mol. The maximum absolute atomic E-state index is 5.52. The van der Waals surface area contributed by atoms with Gasteiger partial charge in [0, 0.05) is 6.04 Å². The molecule has 1 aliphatic rings. The van der Waals surface area contributed by atoms with Crippen LogP contribution in [-0.2, 0) is 13.1 Å². The molecule has 5 heteroatoms. The van der Waals surface area contributed by atoms with E-state index in [0.717, 1.165) is 18.9 Å². The summed E-state index contributed by atoms with van der Waals surface area (Å²) in [6, 6.07) is 7.01. The molecule has 1 saturated heterocycles. The SMILES string of the molecule is Cc1cccc(C2CCCN2Cc2noc(CN)n2)c1C. The standard InChI is InChI=1S/C16H22N4O/c1-11-5-3-6-13(12(11)2)14-7-4-8-20(14)10-15-18-16(9-17)21-19-15/h3,5-6,14H,4,7-10,17H2,1-2H3. The Labute approximate surface area is 125 Å². The Bertz CT molecular complexity index is 622. The first-order valence-electron chi connectivity index (χ1n) is 7.50. The van der Waals surface area contributed by atoms with Crippen molar-refractivity contribution in [1.82, 2.24) is 15.0 Å². The second kappa shape index (κ2) is 5.95. The third-order valence-electron chi connectivity index (χ3n) is 4.40. The highest BCUT2D eigenvalue weighted by atomic mass is 16.5. The molecule has 1 fully saturated rings. The van der Waals surface area contributed by atoms with Gasteiger partial charge in [-0.25, -0.2) is 0 Å². The van der Waals surface area contributed by atoms with Crippen molar-refractivity contribution in [3.05, 3.63) is 46.6 Å². The summed E-state index contributed by atoms with van der Waals surface area (Å²) in [5.74, 6) is 1.24. The van der Waals surface area contributed by atoms with E-state index in [1.165, 1.54) is 29.5 Å². The van der Waals surface area contributed by atoms with Gasteiger partial charge in [0.15, 0.2) is 5.82 Å². The molecule has 2 N–H and O–H groups in total. The molecule has 0 bridgehead atoms. The van der Waals surface area contributed by atoms with Crippen molar-refractivity contribution in [2.75, 3.05) is 6.54 Å². The summed E-state index contributed by atoms with van der Waals surface area (Å²) in [5.41, 5.74) is 9.69. The lowest BCUT2D eigenvalue weighted by molar-refractivity contribution is 0.237. The van der Waals surface area contributed by atoms with Gasteiger partial charge in [0.05, 0.1) is 13.1 Å². The van der Waals surface area contributed by atoms with E-state index in [-0.39, 0.29) is 0 Å². The Morgan fingerprint density at radius 2 is 2.24 bits per heavy atom. The fourth-order valence-corrected chi connectivity index (χ4v) is 3.12. The number of benzene rings is 1. The topological polar surface area (TPSA) is 68.2 Å². The van der Waals surface area contributed by atoms with Crippen molar-refractivity contribution in [3.63, 3.8) is 0 Å². The first-order chi connectivity index (χ1) is 10.2. The highest BCUT2D eigenvalue weighted by molar-refractivity contribution is 5.35. The zero-order valence-electron chi connectivity index (χ0n) is 12.7. The summed E-state index contributed by atoms with van der Waals surface area (Å²) in [6.45, 7) is 6.48. The maximum Gasteiger partial charge on any atom is 0.240 e. The van der Waals surface area contributed by atoms with Gasteiger partial charge < -0.3 is 10.3 Å². The minimum atomic E-state index is 0.299. The molecule has 1 aromatic heterocycles. The molecule has 2 heterocycles. The summed E-state index contributed by atoms with van der Waals surface area (Å²) in [4.78, 5) is 6.75. The van der Waals surface area contributed by atoms with E-state index in [9.17, 15) is 0 Å². The van der Waals surface area contributed by atoms with Crippen molar-refractivity contribution < 1.29 is 4.52 Å². The van der Waals surface area contributed by atoms with E-state index in [2.05, 4.69) is 47.1 Å². The van der Waals surface area contributed by atoms with Crippen LogP contribution < -0.4 is 5.73 Å². The van der Waals surface area contributed by atoms with Gasteiger partial charge >= 0.3 is 0 Å². The van der Waals surface area contributed by atoms with Crippen molar-refractivity contribution in [3.8, 4) is 0 Å². The zero-order valence-corrected chi connectivity index (χ0v) is 12.7. The van der Waals surface area contributed by atoms with Gasteiger partial charge in [0.2, 0.25) is 5.89 Å². The molecule has 1 atom stereocenters. The van der Waals surface area contributed by atoms with E-state index >= 15 is 0 Å². The molecule has 0 radical (unpaired) electrons. The summed E-state index contributed by atoms with van der Waals surface area (Å²) < 4.78 is 5.10. The molecule has 0 amide bonds. The molecule has 2 aromatic rings. The molecule has 3 rings (SSSR count). The monoisotopic (exact) mass is 286 g/mol. The van der Waals surface area contributed by atoms with E-state index in [1.807, 2.05) is 0 Å². The van der Waals surface area contributed by atoms with E-state index in [0.29, 0.717) is 18.5 Å². The van der Waals surface area contributed by atoms with Crippen LogP contribution in [0.25, 0.3) is 0 Å². The van der Waals surface area contributed by atoms with Crippen molar-refractivity contribution in [2.45, 2.75) is 45.8 Å². The predicted octanol–water partition coefficient (Wildman–Crippen LogP) is 2.48. The number of nitrogens with two attached hydrogens (primary N) is 1. The van der Waals surface area contributed by atoms with Crippen LogP contribution in [-0.4, -0.2) is 21.6 Å². The molecule has 1 aromatic carbocycles. The second-order valence-electron chi connectivity index (χ2n) is 5.73. The number of aromatic nitrogens is 2. The first kappa shape index (κ1) is 14.2. The molecule has 0 aliphatic carbocycles. The average molecular weight is 286 g/mol. The third kappa shape index (κ3) is 2.84. The van der Waals surface area contributed by atoms with Crippen molar-refractivity contribution in [2.24, 2.45) is 5.73 Å². The Balaban J connectivity index is 1.80. The van der Waals surface area contributed by atoms with E-state index in [1.54, 1.807) is 0 Å². The fourth-order valence-electron chi connectivity index (χ4n) is 3.12. The Morgan fingerprint density at radius 3 is 3.00 bits per heavy atom. The van der Waals surface area contributed by atoms with Crippen molar-refractivity contribution >= 4 is 0 Å². The van der Waals surface area contributed by atoms with Gasteiger partial charge in [-0.05, 0) is 49.9 Å². The highest BCUT2D eigenvalue weighted by Gasteiger charge is 2.28. The van der Waals surface area contributed by atoms with E-state index in [4.69, 9.17) is 10.3 Å². The van der Waals surface area contributed by atoms with Gasteiger partial charge in [-0.1, -0.05) is 23.4 Å². The second-order valence-corrected chi connectivity index (χ2v) is 5.73. The molecule has 0 spiro atoms. The van der Waals surface area contributed by atoms with Gasteiger partial charge in [-0.15, -0.1) is 0 Å². The molecule has 1 aliphatic heterocycles. The first-order valence-corrected chi connectivity index (χ1v) is 7.50. The van der Waals surface area contributed by atoms with Crippen LogP contribution in [0.1, 0.15) is 47.3 Å². The Morgan fingerprint density at radius 1 is 1.38 bits per heavy atom. The van der Waals surface area contributed by atoms with Crippen LogP contribution in [0.5, 0.6) is 0 Å². The van der Waals surface area contributed by atoms with Gasteiger partial charge in [-0.2, -0.15) is 4.98 Å². The van der Waals surface area contributed by atoms with Crippen molar-refractivity contribution in [1.29, 1.82) is 0 Å². The fraction of sp³-hybridized carbons (Fsp3) is 0.500. The molecule has 1 unspecified atom stereocenters. The van der Waals surface area contributed by atoms with Gasteiger partial charge in [0.25, 0.3) is 0 Å². The van der Waals surface area contributed by atoms with Gasteiger partial charge in [-0.3, -0.25) is 4.90 Å². The number of hydrogen-bond donors (Lipinski definition) is 1. The van der Waals surface area contributed by atoms with Crippen LogP contribution in [0.4, 0.5) is 0 Å². The number of rotatable bonds is 4. The van der Waals surface area contributed by atoms with Crippen LogP contribution in [0.3, 0.4) is 0 Å². The summed E-state index contributed by atoms with van der Waals surface area (Å²) in [6.07, 6.45) is 2.39. The lowest BCUT2D eigenvalue weighted by atomic mass is 9.96. The predicted molar refractivity (Wildman–Crippen MR) is 80.5 cm³/mol. The molecule has 21 heavy (non-hydrogen) atoms. The normalized spacial score (nSPS) is 19.3. The number of likely N-dealkylation sites (tertiary alicyclic amines) is 1. The molecule has 5 nitrogen and oxygen atoms in total. The molecule has 112 valence electrons. The van der Waals surface area contributed by atoms with Gasteiger partial charge in [0.1, 0.15) is 0 Å². The van der Waals surface area contributed by atoms with Crippen LogP contribution in [0.15, 0.2) is 22.7 Å². The number of nitrogens with zero attached hydrogens (tertiary/aromatic N) is 3. The summed E-state index contributed by atoms with van der Waals surface area (Å²) in [5, 5.41) is 4.01. The van der Waals surface area contributed by atoms with Crippen LogP contribution in [0, 0.1) is 13.8 Å². The third-order valence-corrected chi connectivity index (χ3v) is 4.40. The number of aryl methyl sites for hydroxylation is 1. The summed E-state index contributed by atoms with van der Waals surface area (Å²) >= 11 is 0. The lowest BCUT2D eigenvalue weighted by Crippen LogP contribution is -2.24. The molecule has 0 saturated carbocycles. The zero-order chi connectivity index (χ0) is 14.8. The smallest absolute Gasteiger partial charge is 0.240 e. The lowest BCUT2D eigenvalue weighted by Gasteiger charge is -2.25. The Hall–Kier alpha value is -1.72. The highest BCUT2D eigenvalue weighted by Crippen LogP contribution is 2.35. The number of hydrogen-bond acceptors (Lipinski definition) is 5. The van der Waals surface area contributed by atoms with Crippen LogP contribution in [0.2, 0.25) is 0 Å². The maximum atomic E-state index is 5.52. The minimum absolute atomic E-state index is 0.299. The Kier molecular flexibility index (Phi) is 4.03.